The average Bonchev–Trinajstić information content (AvgIpc) is 2.66. The van der Waals surface area contributed by atoms with Gasteiger partial charge in [0, 0.05) is 23.2 Å². The molecule has 0 saturated carbocycles. The first-order valence-corrected chi connectivity index (χ1v) is 27.3. The van der Waals surface area contributed by atoms with Crippen molar-refractivity contribution in [1.82, 2.24) is 0 Å². The minimum absolute atomic E-state index is 1.14. The molecule has 30 heavy (non-hydrogen) atoms. The van der Waals surface area contributed by atoms with Gasteiger partial charge in [0.25, 0.3) is 0 Å². The van der Waals surface area contributed by atoms with E-state index in [9.17, 15) is 0 Å². The molecular formula is C24H36Br2Si4. The molecule has 0 aromatic heterocycles. The van der Waals surface area contributed by atoms with E-state index in [1.165, 1.54) is 11.1 Å². The molecule has 0 nitrogen and oxygen atoms in total. The molecule has 0 aliphatic carbocycles. The summed E-state index contributed by atoms with van der Waals surface area (Å²) >= 11 is 7.09. The first-order chi connectivity index (χ1) is 13.7. The lowest BCUT2D eigenvalue weighted by Gasteiger charge is -2.53. The zero-order valence-electron chi connectivity index (χ0n) is 19.7. The summed E-state index contributed by atoms with van der Waals surface area (Å²) in [5.74, 6) is 0. The van der Waals surface area contributed by atoms with Crippen LogP contribution in [0.5, 0.6) is 0 Å². The van der Waals surface area contributed by atoms with Gasteiger partial charge in [0.05, 0.1) is 15.2 Å². The van der Waals surface area contributed by atoms with Crippen LogP contribution in [0.25, 0.3) is 12.2 Å². The van der Waals surface area contributed by atoms with E-state index in [1.807, 2.05) is 0 Å². The summed E-state index contributed by atoms with van der Waals surface area (Å²) < 4.78 is 2.29. The first-order valence-electron chi connectivity index (χ1n) is 10.6. The number of hydrogen-bond donors (Lipinski definition) is 0. The van der Waals surface area contributed by atoms with Crippen molar-refractivity contribution >= 4 is 73.4 Å². The quantitative estimate of drug-likeness (QED) is 0.280. The Labute approximate surface area is 204 Å². The predicted molar refractivity (Wildman–Crippen MR) is 156 cm³/mol. The van der Waals surface area contributed by atoms with E-state index in [0.29, 0.717) is 0 Å². The van der Waals surface area contributed by atoms with E-state index in [4.69, 9.17) is 0 Å². The van der Waals surface area contributed by atoms with Gasteiger partial charge in [0.2, 0.25) is 0 Å². The van der Waals surface area contributed by atoms with Gasteiger partial charge in [-0.15, -0.1) is 0 Å². The van der Waals surface area contributed by atoms with Gasteiger partial charge in [0.15, 0.2) is 0 Å². The molecule has 2 aromatic carbocycles. The van der Waals surface area contributed by atoms with Gasteiger partial charge in [0.1, 0.15) is 0 Å². The Bertz CT molecular complexity index is 832. The van der Waals surface area contributed by atoms with Crippen LogP contribution in [0.1, 0.15) is 11.1 Å². The second-order valence-electron chi connectivity index (χ2n) is 10.5. The van der Waals surface area contributed by atoms with E-state index in [-0.39, 0.29) is 0 Å². The van der Waals surface area contributed by atoms with E-state index in [0.717, 1.165) is 8.95 Å². The molecular weight excluding hydrogens is 560 g/mol. The molecule has 0 aliphatic heterocycles. The van der Waals surface area contributed by atoms with Crippen LogP contribution >= 0.6 is 31.9 Å². The molecule has 2 aromatic rings. The summed E-state index contributed by atoms with van der Waals surface area (Å²) in [6, 6.07) is 17.4. The fourth-order valence-electron chi connectivity index (χ4n) is 3.78. The van der Waals surface area contributed by atoms with E-state index in [1.54, 1.807) is 0 Å². The molecule has 0 unspecified atom stereocenters. The van der Waals surface area contributed by atoms with Gasteiger partial charge in [-0.1, -0.05) is 132 Å². The fraction of sp³-hybridized carbons (Fsp3) is 0.333. The van der Waals surface area contributed by atoms with E-state index < -0.39 is 29.4 Å². The Morgan fingerprint density at radius 1 is 0.500 bits per heavy atom. The molecule has 0 fully saturated rings. The minimum Gasteiger partial charge on any atom is -0.0967 e. The van der Waals surface area contributed by atoms with Crippen LogP contribution in [-0.2, 0) is 0 Å². The Morgan fingerprint density at radius 3 is 1.03 bits per heavy atom. The molecule has 6 heteroatoms. The summed E-state index contributed by atoms with van der Waals surface area (Å²) in [5, 5.41) is 0. The number of rotatable bonds is 7. The van der Waals surface area contributed by atoms with Crippen molar-refractivity contribution in [3.8, 4) is 0 Å². The van der Waals surface area contributed by atoms with Crippen LogP contribution in [0.3, 0.4) is 0 Å². The largest absolute Gasteiger partial charge is 0.0967 e. The summed E-state index contributed by atoms with van der Waals surface area (Å²) in [4.78, 5) is 0. The lowest BCUT2D eigenvalue weighted by Crippen LogP contribution is -2.78. The van der Waals surface area contributed by atoms with Crippen LogP contribution in [0.2, 0.25) is 52.4 Å². The summed E-state index contributed by atoms with van der Waals surface area (Å²) in [7, 11) is -5.81. The Kier molecular flexibility index (Phi) is 8.42. The fourth-order valence-corrected chi connectivity index (χ4v) is 70.1. The monoisotopic (exact) mass is 594 g/mol. The SMILES string of the molecule is C[Si](C)(/C=C/c1ccc(Br)cc1)[Si](C)(C)[Si](C)(C)[Si](C)(C)/C=C/c1ccc(Br)cc1. The Balaban J connectivity index is 2.31. The zero-order chi connectivity index (χ0) is 22.8. The third-order valence-corrected chi connectivity index (χ3v) is 75.3. The van der Waals surface area contributed by atoms with Crippen molar-refractivity contribution < 1.29 is 0 Å². The van der Waals surface area contributed by atoms with Gasteiger partial charge in [-0.3, -0.25) is 0 Å². The average molecular weight is 597 g/mol. The molecule has 0 N–H and O–H groups in total. The highest BCUT2D eigenvalue weighted by Crippen LogP contribution is 2.37. The molecule has 162 valence electrons. The maximum atomic E-state index is 3.54. The Hall–Kier alpha value is -0.252. The van der Waals surface area contributed by atoms with Crippen LogP contribution in [0, 0.1) is 0 Å². The van der Waals surface area contributed by atoms with Crippen LogP contribution in [-0.4, -0.2) is 29.4 Å². The molecule has 0 atom stereocenters. The number of halogens is 2. The molecule has 0 aliphatic rings. The predicted octanol–water partition coefficient (Wildman–Crippen LogP) is 9.09. The third kappa shape index (κ3) is 5.75. The molecule has 0 spiro atoms. The summed E-state index contributed by atoms with van der Waals surface area (Å²) in [6.45, 7) is 21.3. The maximum Gasteiger partial charge on any atom is 0.0620 e. The van der Waals surface area contributed by atoms with Crippen molar-refractivity contribution in [2.75, 3.05) is 0 Å². The molecule has 0 saturated heterocycles. The third-order valence-electron chi connectivity index (χ3n) is 7.91. The second kappa shape index (κ2) is 9.71. The lowest BCUT2D eigenvalue weighted by atomic mass is 10.2. The molecule has 0 heterocycles. The highest BCUT2D eigenvalue weighted by Gasteiger charge is 2.57. The first kappa shape index (κ1) is 26.0. The zero-order valence-corrected chi connectivity index (χ0v) is 26.9. The van der Waals surface area contributed by atoms with Crippen molar-refractivity contribution in [3.05, 3.63) is 80.0 Å². The Morgan fingerprint density at radius 2 is 0.767 bits per heavy atom. The number of hydrogen-bond acceptors (Lipinski definition) is 0. The van der Waals surface area contributed by atoms with Gasteiger partial charge < -0.3 is 0 Å². The van der Waals surface area contributed by atoms with Crippen molar-refractivity contribution in [2.24, 2.45) is 0 Å². The van der Waals surface area contributed by atoms with Crippen LogP contribution in [0.4, 0.5) is 0 Å². The van der Waals surface area contributed by atoms with Crippen molar-refractivity contribution in [2.45, 2.75) is 52.4 Å². The molecule has 0 radical (unpaired) electrons. The van der Waals surface area contributed by atoms with Gasteiger partial charge in [-0.05, 0) is 35.4 Å². The maximum absolute atomic E-state index is 3.54. The van der Waals surface area contributed by atoms with Gasteiger partial charge in [-0.25, -0.2) is 0 Å². The smallest absolute Gasteiger partial charge is 0.0620 e. The topological polar surface area (TPSA) is 0 Å². The van der Waals surface area contributed by atoms with E-state index >= 15 is 0 Å². The van der Waals surface area contributed by atoms with E-state index in [2.05, 4.69) is 156 Å². The summed E-state index contributed by atoms with van der Waals surface area (Å²) in [6.07, 6.45) is 4.79. The summed E-state index contributed by atoms with van der Waals surface area (Å²) in [5.41, 5.74) is 7.91. The lowest BCUT2D eigenvalue weighted by molar-refractivity contribution is 1.61. The van der Waals surface area contributed by atoms with Crippen LogP contribution in [0.15, 0.2) is 68.9 Å². The minimum atomic E-state index is -1.49. The molecule has 0 bridgehead atoms. The van der Waals surface area contributed by atoms with Crippen LogP contribution < -0.4 is 0 Å². The van der Waals surface area contributed by atoms with Gasteiger partial charge in [-0.2, -0.15) is 0 Å². The standard InChI is InChI=1S/C24H36Br2Si4/c1-27(2,19-17-21-9-13-23(25)14-10-21)29(5,6)30(7,8)28(3,4)20-18-22-11-15-24(26)16-12-22/h9-20H,1-8H3/b19-17+,20-18+. The highest BCUT2D eigenvalue weighted by molar-refractivity contribution is 9.10. The second-order valence-corrected chi connectivity index (χ2v) is 52.1. The number of benzene rings is 2. The molecule has 0 amide bonds. The highest BCUT2D eigenvalue weighted by atomic mass is 79.9. The molecule has 2 rings (SSSR count). The normalized spacial score (nSPS) is 14.1. The van der Waals surface area contributed by atoms with Crippen molar-refractivity contribution in [1.29, 1.82) is 0 Å². The van der Waals surface area contributed by atoms with Gasteiger partial charge >= 0.3 is 0 Å². The van der Waals surface area contributed by atoms with Crippen molar-refractivity contribution in [3.63, 3.8) is 0 Å².